The van der Waals surface area contributed by atoms with Crippen LogP contribution in [0.2, 0.25) is 0 Å². The van der Waals surface area contributed by atoms with Crippen molar-refractivity contribution < 1.29 is 9.53 Å². The molecule has 0 amide bonds. The van der Waals surface area contributed by atoms with Crippen molar-refractivity contribution in [2.24, 2.45) is 0 Å². The molecule has 0 saturated carbocycles. The first-order valence-corrected chi connectivity index (χ1v) is 6.12. The summed E-state index contributed by atoms with van der Waals surface area (Å²) in [6.45, 7) is 4.06. The molecule has 0 unspecified atom stereocenters. The molecule has 0 aliphatic heterocycles. The molecule has 0 aliphatic rings. The lowest BCUT2D eigenvalue weighted by atomic mass is 10.2. The second-order valence-corrected chi connectivity index (χ2v) is 5.12. The summed E-state index contributed by atoms with van der Waals surface area (Å²) in [7, 11) is 0. The van der Waals surface area contributed by atoms with Gasteiger partial charge in [-0.25, -0.2) is 0 Å². The van der Waals surface area contributed by atoms with E-state index in [1.807, 2.05) is 25.3 Å². The van der Waals surface area contributed by atoms with Crippen LogP contribution in [-0.2, 0) is 16.0 Å². The van der Waals surface area contributed by atoms with Crippen molar-refractivity contribution in [2.75, 3.05) is 6.61 Å². The Morgan fingerprint density at radius 2 is 2.36 bits per heavy atom. The Bertz CT molecular complexity index is 307. The maximum absolute atomic E-state index is 11.4. The fourth-order valence-electron chi connectivity index (χ4n) is 0.941. The van der Waals surface area contributed by atoms with Crippen molar-refractivity contribution in [1.82, 2.24) is 0 Å². The van der Waals surface area contributed by atoms with Crippen molar-refractivity contribution in [3.8, 4) is 0 Å². The van der Waals surface area contributed by atoms with Gasteiger partial charge in [0.25, 0.3) is 0 Å². The second-order valence-electron chi connectivity index (χ2n) is 3.27. The van der Waals surface area contributed by atoms with E-state index >= 15 is 0 Å². The standard InChI is InChI=1S/C10H13BrO2S/c1-7(2)13-6-8(12)5-10-9(11)3-4-14-10/h3-4,7H,5-6H2,1-2H3. The van der Waals surface area contributed by atoms with Gasteiger partial charge in [-0.05, 0) is 41.2 Å². The van der Waals surface area contributed by atoms with Crippen molar-refractivity contribution in [1.29, 1.82) is 0 Å². The first-order valence-electron chi connectivity index (χ1n) is 4.44. The molecule has 0 spiro atoms. The molecule has 0 radical (unpaired) electrons. The van der Waals surface area contributed by atoms with Crippen LogP contribution in [-0.4, -0.2) is 18.5 Å². The predicted molar refractivity (Wildman–Crippen MR) is 61.8 cm³/mol. The van der Waals surface area contributed by atoms with Gasteiger partial charge < -0.3 is 4.74 Å². The molecule has 0 atom stereocenters. The third-order valence-corrected chi connectivity index (χ3v) is 3.55. The zero-order chi connectivity index (χ0) is 10.6. The Morgan fingerprint density at radius 1 is 1.64 bits per heavy atom. The highest BCUT2D eigenvalue weighted by molar-refractivity contribution is 9.10. The number of hydrogen-bond acceptors (Lipinski definition) is 3. The molecular formula is C10H13BrO2S. The fourth-order valence-corrected chi connectivity index (χ4v) is 2.46. The number of halogens is 1. The molecule has 14 heavy (non-hydrogen) atoms. The van der Waals surface area contributed by atoms with Crippen molar-refractivity contribution in [2.45, 2.75) is 26.4 Å². The van der Waals surface area contributed by atoms with Crippen LogP contribution in [0.4, 0.5) is 0 Å². The van der Waals surface area contributed by atoms with E-state index in [0.29, 0.717) is 6.42 Å². The topological polar surface area (TPSA) is 26.3 Å². The number of carbonyl (C=O) groups is 1. The van der Waals surface area contributed by atoms with E-state index in [1.54, 1.807) is 11.3 Å². The van der Waals surface area contributed by atoms with E-state index in [9.17, 15) is 4.79 Å². The number of ketones is 1. The predicted octanol–water partition coefficient (Wildman–Crippen LogP) is 3.05. The van der Waals surface area contributed by atoms with Crippen LogP contribution in [0.5, 0.6) is 0 Å². The number of thiophene rings is 1. The summed E-state index contributed by atoms with van der Waals surface area (Å²) in [4.78, 5) is 12.5. The molecule has 0 aromatic carbocycles. The van der Waals surface area contributed by atoms with Crippen molar-refractivity contribution in [3.05, 3.63) is 20.8 Å². The van der Waals surface area contributed by atoms with Gasteiger partial charge in [-0.3, -0.25) is 4.79 Å². The average Bonchev–Trinajstić information content (AvgIpc) is 2.49. The van der Waals surface area contributed by atoms with Gasteiger partial charge in [-0.2, -0.15) is 0 Å². The van der Waals surface area contributed by atoms with Crippen LogP contribution in [0.1, 0.15) is 18.7 Å². The van der Waals surface area contributed by atoms with Gasteiger partial charge in [0.2, 0.25) is 0 Å². The Hall–Kier alpha value is -0.190. The van der Waals surface area contributed by atoms with E-state index in [4.69, 9.17) is 4.74 Å². The molecule has 2 nitrogen and oxygen atoms in total. The maximum atomic E-state index is 11.4. The molecule has 1 heterocycles. The minimum Gasteiger partial charge on any atom is -0.371 e. The third-order valence-electron chi connectivity index (χ3n) is 1.63. The van der Waals surface area contributed by atoms with Gasteiger partial charge in [0.1, 0.15) is 6.61 Å². The normalized spacial score (nSPS) is 10.9. The highest BCUT2D eigenvalue weighted by Crippen LogP contribution is 2.23. The molecule has 0 fully saturated rings. The monoisotopic (exact) mass is 276 g/mol. The number of hydrogen-bond donors (Lipinski definition) is 0. The third kappa shape index (κ3) is 3.90. The Kier molecular flexibility index (Phi) is 4.78. The largest absolute Gasteiger partial charge is 0.371 e. The summed E-state index contributed by atoms with van der Waals surface area (Å²) in [5.41, 5.74) is 0. The van der Waals surface area contributed by atoms with Gasteiger partial charge in [-0.15, -0.1) is 11.3 Å². The Labute approximate surface area is 96.4 Å². The maximum Gasteiger partial charge on any atom is 0.163 e. The smallest absolute Gasteiger partial charge is 0.163 e. The lowest BCUT2D eigenvalue weighted by molar-refractivity contribution is -0.124. The van der Waals surface area contributed by atoms with Gasteiger partial charge in [-0.1, -0.05) is 0 Å². The van der Waals surface area contributed by atoms with Crippen molar-refractivity contribution in [3.63, 3.8) is 0 Å². The van der Waals surface area contributed by atoms with E-state index in [-0.39, 0.29) is 18.5 Å². The van der Waals surface area contributed by atoms with E-state index in [1.165, 1.54) is 0 Å². The number of carbonyl (C=O) groups excluding carboxylic acids is 1. The van der Waals surface area contributed by atoms with Crippen LogP contribution in [0.3, 0.4) is 0 Å². The van der Waals surface area contributed by atoms with Crippen LogP contribution < -0.4 is 0 Å². The number of Topliss-reactive ketones (excluding diaryl/α,β-unsaturated/α-hetero) is 1. The highest BCUT2D eigenvalue weighted by atomic mass is 79.9. The molecule has 1 rings (SSSR count). The molecule has 1 aromatic heterocycles. The lowest BCUT2D eigenvalue weighted by Crippen LogP contribution is -2.14. The van der Waals surface area contributed by atoms with Gasteiger partial charge >= 0.3 is 0 Å². The molecule has 0 aliphatic carbocycles. The second kappa shape index (κ2) is 5.63. The summed E-state index contributed by atoms with van der Waals surface area (Å²) in [5, 5.41) is 1.97. The minimum absolute atomic E-state index is 0.116. The molecule has 78 valence electrons. The lowest BCUT2D eigenvalue weighted by Gasteiger charge is -2.05. The Morgan fingerprint density at radius 3 is 2.86 bits per heavy atom. The van der Waals surface area contributed by atoms with E-state index in [2.05, 4.69) is 15.9 Å². The summed E-state index contributed by atoms with van der Waals surface area (Å²) in [5.74, 6) is 0.127. The SMILES string of the molecule is CC(C)OCC(=O)Cc1sccc1Br. The first-order chi connectivity index (χ1) is 6.59. The molecule has 0 N–H and O–H groups in total. The molecule has 1 aromatic rings. The molecular weight excluding hydrogens is 264 g/mol. The Balaban J connectivity index is 2.38. The average molecular weight is 277 g/mol. The molecule has 0 saturated heterocycles. The van der Waals surface area contributed by atoms with E-state index in [0.717, 1.165) is 9.35 Å². The minimum atomic E-state index is 0.116. The quantitative estimate of drug-likeness (QED) is 0.826. The number of ether oxygens (including phenoxy) is 1. The van der Waals surface area contributed by atoms with Crippen LogP contribution in [0, 0.1) is 0 Å². The van der Waals surface area contributed by atoms with Crippen LogP contribution >= 0.6 is 27.3 Å². The molecule has 4 heteroatoms. The molecule has 0 bridgehead atoms. The zero-order valence-corrected chi connectivity index (χ0v) is 10.7. The fraction of sp³-hybridized carbons (Fsp3) is 0.500. The van der Waals surface area contributed by atoms with E-state index < -0.39 is 0 Å². The summed E-state index contributed by atoms with van der Waals surface area (Å²) in [6, 6.07) is 1.95. The van der Waals surface area contributed by atoms with Gasteiger partial charge in [0, 0.05) is 15.8 Å². The summed E-state index contributed by atoms with van der Waals surface area (Å²) >= 11 is 4.98. The van der Waals surface area contributed by atoms with Gasteiger partial charge in [0.15, 0.2) is 5.78 Å². The van der Waals surface area contributed by atoms with Gasteiger partial charge in [0.05, 0.1) is 6.10 Å². The highest BCUT2D eigenvalue weighted by Gasteiger charge is 2.08. The number of rotatable bonds is 5. The van der Waals surface area contributed by atoms with Crippen LogP contribution in [0.25, 0.3) is 0 Å². The first kappa shape index (κ1) is 11.9. The summed E-state index contributed by atoms with van der Waals surface area (Å²) < 4.78 is 6.25. The summed E-state index contributed by atoms with van der Waals surface area (Å²) in [6.07, 6.45) is 0.580. The van der Waals surface area contributed by atoms with Crippen LogP contribution in [0.15, 0.2) is 15.9 Å². The zero-order valence-electron chi connectivity index (χ0n) is 8.25. The van der Waals surface area contributed by atoms with Crippen molar-refractivity contribution >= 4 is 33.0 Å².